The van der Waals surface area contributed by atoms with Crippen LogP contribution in [0.15, 0.2) is 42.7 Å². The molecular weight excluding hydrogens is 771 g/mol. The van der Waals surface area contributed by atoms with Crippen LogP contribution in [0.25, 0.3) is 22.4 Å². The maximum absolute atomic E-state index is 15.7. The zero-order valence-electron chi connectivity index (χ0n) is 34.9. The Morgan fingerprint density at radius 2 is 1.69 bits per heavy atom. The van der Waals surface area contributed by atoms with Crippen molar-refractivity contribution in [2.24, 2.45) is 13.0 Å². The number of halogens is 2. The number of carbonyl (C=O) groups excluding carboxylic acids is 4. The molecule has 0 bridgehead atoms. The van der Waals surface area contributed by atoms with Gasteiger partial charge in [-0.1, -0.05) is 24.6 Å². The van der Waals surface area contributed by atoms with Gasteiger partial charge in [0.15, 0.2) is 23.7 Å². The van der Waals surface area contributed by atoms with E-state index in [1.54, 1.807) is 47.8 Å². The van der Waals surface area contributed by atoms with Crippen molar-refractivity contribution < 1.29 is 42.7 Å². The third-order valence-electron chi connectivity index (χ3n) is 9.80. The van der Waals surface area contributed by atoms with Crippen molar-refractivity contribution in [3.8, 4) is 28.1 Å². The fraction of sp³-hybridized carbons (Fsp3) is 0.463. The van der Waals surface area contributed by atoms with Gasteiger partial charge in [-0.15, -0.1) is 0 Å². The molecule has 1 fully saturated rings. The number of carbonyl (C=O) groups is 4. The number of ether oxygens (including phenoxy) is 3. The molecule has 1 aliphatic rings. The summed E-state index contributed by atoms with van der Waals surface area (Å²) in [5.41, 5.74) is 3.41. The number of anilines is 1. The third kappa shape index (κ3) is 12.4. The predicted octanol–water partition coefficient (Wildman–Crippen LogP) is 3.88. The number of benzene rings is 2. The minimum absolute atomic E-state index is 0.0210. The number of quaternary nitrogens is 1. The molecule has 17 heteroatoms. The van der Waals surface area contributed by atoms with E-state index in [4.69, 9.17) is 25.9 Å². The van der Waals surface area contributed by atoms with Gasteiger partial charge in [-0.2, -0.15) is 5.10 Å². The number of piperazine rings is 1. The molecule has 2 N–H and O–H groups in total. The number of methoxy groups -OCH3 is 3. The molecule has 1 unspecified atom stereocenters. The third-order valence-corrected chi connectivity index (χ3v) is 10.1. The number of hydrogen-bond donors (Lipinski definition) is 2. The number of nitrogens with zero attached hydrogens (tertiary/aromatic N) is 6. The Morgan fingerprint density at radius 3 is 2.26 bits per heavy atom. The summed E-state index contributed by atoms with van der Waals surface area (Å²) in [6.07, 6.45) is 5.71. The summed E-state index contributed by atoms with van der Waals surface area (Å²) in [4.78, 5) is 55.2. The molecule has 0 saturated carbocycles. The number of nitrogens with one attached hydrogen (secondary N) is 2. The zero-order valence-corrected chi connectivity index (χ0v) is 35.7. The number of imidazole rings is 1. The van der Waals surface area contributed by atoms with E-state index in [9.17, 15) is 14.4 Å². The van der Waals surface area contributed by atoms with Gasteiger partial charge in [0.05, 0.1) is 71.1 Å². The van der Waals surface area contributed by atoms with E-state index in [-0.39, 0.29) is 22.5 Å². The Morgan fingerprint density at radius 1 is 1.02 bits per heavy atom. The molecule has 5 rings (SSSR count). The predicted molar refractivity (Wildman–Crippen MR) is 221 cm³/mol. The Hall–Kier alpha value is -5.16. The Kier molecular flexibility index (Phi) is 19.0. The van der Waals surface area contributed by atoms with Crippen molar-refractivity contribution in [3.63, 3.8) is 0 Å². The molecule has 4 aromatic rings. The molecular formula is C41H57ClFN8O7+. The summed E-state index contributed by atoms with van der Waals surface area (Å²) in [7, 11) is 12.4. The number of hydrogen-bond acceptors (Lipinski definition) is 10. The molecule has 1 saturated heterocycles. The van der Waals surface area contributed by atoms with Crippen LogP contribution in [0.1, 0.15) is 46.4 Å². The van der Waals surface area contributed by atoms with Gasteiger partial charge in [0.2, 0.25) is 5.91 Å². The summed E-state index contributed by atoms with van der Waals surface area (Å²) in [5.74, 6) is -0.333. The lowest BCUT2D eigenvalue weighted by Crippen LogP contribution is -3.05. The van der Waals surface area contributed by atoms with Crippen LogP contribution in [0.5, 0.6) is 5.75 Å². The summed E-state index contributed by atoms with van der Waals surface area (Å²) < 4.78 is 33.4. The minimum atomic E-state index is -0.550. The van der Waals surface area contributed by atoms with Crippen LogP contribution < -0.4 is 15.0 Å². The lowest BCUT2D eigenvalue weighted by atomic mass is 10.00. The monoisotopic (exact) mass is 827 g/mol. The molecule has 15 nitrogen and oxygen atoms in total. The number of likely N-dealkylation sites (N-methyl/N-ethyl adjacent to an activating group) is 1. The molecule has 3 heterocycles. The first kappa shape index (κ1) is 47.2. The van der Waals surface area contributed by atoms with Gasteiger partial charge < -0.3 is 38.8 Å². The van der Waals surface area contributed by atoms with Crippen molar-refractivity contribution >= 4 is 41.9 Å². The average molecular weight is 828 g/mol. The normalized spacial score (nSPS) is 13.1. The molecule has 2 amide bonds. The van der Waals surface area contributed by atoms with Crippen molar-refractivity contribution in [3.05, 3.63) is 70.6 Å². The van der Waals surface area contributed by atoms with Crippen LogP contribution in [-0.2, 0) is 32.7 Å². The molecule has 0 spiro atoms. The van der Waals surface area contributed by atoms with E-state index in [0.717, 1.165) is 51.3 Å². The number of amides is 2. The second-order valence-electron chi connectivity index (χ2n) is 14.0. The number of aldehydes is 1. The summed E-state index contributed by atoms with van der Waals surface area (Å²) in [5, 5.41) is 7.26. The summed E-state index contributed by atoms with van der Waals surface area (Å²) >= 11 is 6.05. The molecule has 2 aromatic carbocycles. The van der Waals surface area contributed by atoms with Gasteiger partial charge in [0.25, 0.3) is 12.4 Å². The second-order valence-corrected chi connectivity index (χ2v) is 14.4. The quantitative estimate of drug-likeness (QED) is 0.169. The van der Waals surface area contributed by atoms with Gasteiger partial charge >= 0.3 is 0 Å². The minimum Gasteiger partial charge on any atom is -0.493 e. The first-order valence-electron chi connectivity index (χ1n) is 19.0. The highest BCUT2D eigenvalue weighted by molar-refractivity contribution is 6.33. The summed E-state index contributed by atoms with van der Waals surface area (Å²) in [6.45, 7) is 10.3. The summed E-state index contributed by atoms with van der Waals surface area (Å²) in [6, 6.07) is 7.92. The molecule has 0 aliphatic carbocycles. The van der Waals surface area contributed by atoms with Crippen LogP contribution in [-0.4, -0.2) is 136 Å². The topological polar surface area (TPSA) is 155 Å². The Balaban J connectivity index is 0.000000356. The first-order valence-corrected chi connectivity index (χ1v) is 19.3. The van der Waals surface area contributed by atoms with E-state index < -0.39 is 11.7 Å². The van der Waals surface area contributed by atoms with Crippen LogP contribution in [0.3, 0.4) is 0 Å². The van der Waals surface area contributed by atoms with Gasteiger partial charge in [0, 0.05) is 86.3 Å². The molecule has 58 heavy (non-hydrogen) atoms. The second kappa shape index (κ2) is 23.3. The van der Waals surface area contributed by atoms with Crippen molar-refractivity contribution in [2.45, 2.75) is 33.2 Å². The maximum atomic E-state index is 15.7. The standard InChI is InChI=1S/C26H25ClFN5O4.C13H27N3O.C2H4O2/c1-15-20(12-30-33(15)9-10-36-3)18-7-8-19(24(37-4)23(18)28)22-13-29-25(32(22)2)26(35)31-17-6-5-16(14-34)21(27)11-17;1-5-12(6-7-14(2)3)13(17)16-10-8-15(4)9-11-16;1-4-2-3/h5-8,11-14H,9-10H2,1-4H3,(H,31,35);12H,5-11H2,1-4H3;2H,1H3/p+1. The lowest BCUT2D eigenvalue weighted by Gasteiger charge is -2.34. The maximum Gasteiger partial charge on any atom is 0.292 e. The van der Waals surface area contributed by atoms with E-state index in [0.29, 0.717) is 65.5 Å². The first-order chi connectivity index (χ1) is 27.8. The molecule has 316 valence electrons. The fourth-order valence-corrected chi connectivity index (χ4v) is 6.51. The highest BCUT2D eigenvalue weighted by Gasteiger charge is 2.26. The van der Waals surface area contributed by atoms with E-state index >= 15 is 4.39 Å². The average Bonchev–Trinajstić information content (AvgIpc) is 3.78. The van der Waals surface area contributed by atoms with Crippen LogP contribution in [0.2, 0.25) is 5.02 Å². The molecule has 2 aromatic heterocycles. The van der Waals surface area contributed by atoms with Crippen molar-refractivity contribution in [1.29, 1.82) is 0 Å². The lowest BCUT2D eigenvalue weighted by molar-refractivity contribution is -0.858. The largest absolute Gasteiger partial charge is 0.493 e. The highest BCUT2D eigenvalue weighted by Crippen LogP contribution is 2.39. The van der Waals surface area contributed by atoms with E-state index in [1.165, 1.54) is 37.4 Å². The van der Waals surface area contributed by atoms with Gasteiger partial charge in [-0.25, -0.2) is 9.37 Å². The molecule has 1 aliphatic heterocycles. The van der Waals surface area contributed by atoms with Gasteiger partial charge in [-0.3, -0.25) is 23.9 Å². The highest BCUT2D eigenvalue weighted by atomic mass is 35.5. The molecule has 1 atom stereocenters. The van der Waals surface area contributed by atoms with E-state index in [1.807, 2.05) is 6.92 Å². The van der Waals surface area contributed by atoms with Crippen LogP contribution in [0.4, 0.5) is 10.1 Å². The van der Waals surface area contributed by atoms with Crippen molar-refractivity contribution in [1.82, 2.24) is 29.1 Å². The van der Waals surface area contributed by atoms with Gasteiger partial charge in [0.1, 0.15) is 0 Å². The van der Waals surface area contributed by atoms with Gasteiger partial charge in [-0.05, 0) is 44.7 Å². The molecule has 0 radical (unpaired) electrons. The Bertz CT molecular complexity index is 1980. The van der Waals surface area contributed by atoms with E-state index in [2.05, 4.69) is 58.0 Å². The Labute approximate surface area is 345 Å². The number of rotatable bonds is 15. The van der Waals surface area contributed by atoms with Crippen LogP contribution >= 0.6 is 11.6 Å². The van der Waals surface area contributed by atoms with Crippen LogP contribution in [0, 0.1) is 18.7 Å². The zero-order chi connectivity index (χ0) is 42.9. The smallest absolute Gasteiger partial charge is 0.292 e. The SMILES string of the molecule is CCC(CC[NH+](C)C)C(=O)N1CCN(C)CC1.COC=O.COCCn1ncc(-c2ccc(-c3cnc(C(=O)Nc4ccc(C=O)c(Cl)c4)n3C)c(OC)c2F)c1C. The fourth-order valence-electron chi connectivity index (χ4n) is 6.29. The van der Waals surface area contributed by atoms with Crippen molar-refractivity contribution in [2.75, 3.05) is 87.1 Å². The number of aromatic nitrogens is 4.